The van der Waals surface area contributed by atoms with E-state index in [2.05, 4.69) is 5.32 Å². The highest BCUT2D eigenvalue weighted by atomic mass is 16.6. The molecule has 1 N–H and O–H groups in total. The molecule has 0 atom stereocenters. The lowest BCUT2D eigenvalue weighted by Gasteiger charge is -2.29. The Morgan fingerprint density at radius 2 is 1.94 bits per heavy atom. The van der Waals surface area contributed by atoms with Crippen molar-refractivity contribution in [2.24, 2.45) is 0 Å². The summed E-state index contributed by atoms with van der Waals surface area (Å²) in [7, 11) is 0. The minimum Gasteiger partial charge on any atom is -0.451 e. The van der Waals surface area contributed by atoms with E-state index in [1.54, 1.807) is 24.3 Å². The van der Waals surface area contributed by atoms with Gasteiger partial charge in [0.05, 0.1) is 4.92 Å². The van der Waals surface area contributed by atoms with Gasteiger partial charge < -0.3 is 15.0 Å². The number of benzene rings is 2. The Morgan fingerprint density at radius 1 is 1.19 bits per heavy atom. The Morgan fingerprint density at radius 3 is 2.61 bits per heavy atom. The molecule has 1 aliphatic heterocycles. The molecular weight excluding hydrogens is 402 g/mol. The number of nitro benzene ring substituents is 1. The molecule has 0 fully saturated rings. The zero-order chi connectivity index (χ0) is 22.4. The van der Waals surface area contributed by atoms with Crippen LogP contribution in [0, 0.1) is 10.1 Å². The number of nitrogens with one attached hydrogen (secondary N) is 1. The summed E-state index contributed by atoms with van der Waals surface area (Å²) in [6.07, 6.45) is 2.72. The molecule has 0 aromatic heterocycles. The Balaban J connectivity index is 1.71. The third-order valence-electron chi connectivity index (χ3n) is 4.66. The van der Waals surface area contributed by atoms with Crippen LogP contribution in [0.5, 0.6) is 0 Å². The van der Waals surface area contributed by atoms with Crippen LogP contribution in [0.3, 0.4) is 0 Å². The third kappa shape index (κ3) is 5.53. The van der Waals surface area contributed by atoms with Crippen LogP contribution in [0.1, 0.15) is 24.5 Å². The SMILES string of the molecule is CC(=O)N/C(=C/c1ccccc1)C(=O)OCC(=O)N1CCCc2cc([N+](=O)[O-])ccc21. The van der Waals surface area contributed by atoms with E-state index in [9.17, 15) is 24.5 Å². The van der Waals surface area contributed by atoms with Gasteiger partial charge in [-0.15, -0.1) is 0 Å². The van der Waals surface area contributed by atoms with E-state index in [-0.39, 0.29) is 11.4 Å². The highest BCUT2D eigenvalue weighted by Crippen LogP contribution is 2.30. The quantitative estimate of drug-likeness (QED) is 0.330. The first kappa shape index (κ1) is 21.7. The highest BCUT2D eigenvalue weighted by molar-refractivity contribution is 6.00. The number of hydrogen-bond donors (Lipinski definition) is 1. The minimum atomic E-state index is -0.840. The fraction of sp³-hybridized carbons (Fsp3) is 0.227. The van der Waals surface area contributed by atoms with Crippen LogP contribution in [-0.2, 0) is 25.5 Å². The highest BCUT2D eigenvalue weighted by Gasteiger charge is 2.25. The fourth-order valence-electron chi connectivity index (χ4n) is 3.29. The normalized spacial score (nSPS) is 13.2. The standard InChI is InChI=1S/C22H21N3O6/c1-15(26)23-19(12-16-6-3-2-4-7-16)22(28)31-14-21(27)24-11-5-8-17-13-18(25(29)30)9-10-20(17)24/h2-4,6-7,9-10,12-13H,5,8,11,14H2,1H3,(H,23,26)/b19-12+. The second kappa shape index (κ2) is 9.66. The van der Waals surface area contributed by atoms with E-state index in [0.29, 0.717) is 36.2 Å². The van der Waals surface area contributed by atoms with Crippen molar-refractivity contribution in [2.45, 2.75) is 19.8 Å². The maximum Gasteiger partial charge on any atom is 0.355 e. The van der Waals surface area contributed by atoms with Crippen molar-refractivity contribution in [3.63, 3.8) is 0 Å². The number of carbonyl (C=O) groups excluding carboxylic acids is 3. The summed E-state index contributed by atoms with van der Waals surface area (Å²) in [5.41, 5.74) is 1.83. The average Bonchev–Trinajstić information content (AvgIpc) is 2.76. The van der Waals surface area contributed by atoms with Crippen LogP contribution < -0.4 is 10.2 Å². The van der Waals surface area contributed by atoms with Gasteiger partial charge in [-0.1, -0.05) is 30.3 Å². The Bertz CT molecular complexity index is 1050. The lowest BCUT2D eigenvalue weighted by atomic mass is 10.0. The van der Waals surface area contributed by atoms with Gasteiger partial charge in [-0.2, -0.15) is 0 Å². The van der Waals surface area contributed by atoms with Crippen LogP contribution >= 0.6 is 0 Å². The number of anilines is 1. The lowest BCUT2D eigenvalue weighted by molar-refractivity contribution is -0.384. The van der Waals surface area contributed by atoms with Gasteiger partial charge in [0.2, 0.25) is 5.91 Å². The number of fused-ring (bicyclic) bond motifs is 1. The molecule has 3 rings (SSSR count). The van der Waals surface area contributed by atoms with E-state index in [1.807, 2.05) is 6.07 Å². The summed E-state index contributed by atoms with van der Waals surface area (Å²) in [5.74, 6) is -1.74. The van der Waals surface area contributed by atoms with Crippen molar-refractivity contribution in [3.8, 4) is 0 Å². The number of aryl methyl sites for hydroxylation is 1. The second-order valence-corrected chi connectivity index (χ2v) is 6.95. The maximum atomic E-state index is 12.7. The molecule has 0 unspecified atom stereocenters. The Hall–Kier alpha value is -4.01. The van der Waals surface area contributed by atoms with Crippen LogP contribution in [0.2, 0.25) is 0 Å². The number of non-ortho nitro benzene ring substituents is 1. The van der Waals surface area contributed by atoms with E-state index in [4.69, 9.17) is 4.74 Å². The zero-order valence-corrected chi connectivity index (χ0v) is 16.9. The molecule has 0 aliphatic carbocycles. The number of hydrogen-bond acceptors (Lipinski definition) is 6. The third-order valence-corrected chi connectivity index (χ3v) is 4.66. The number of carbonyl (C=O) groups is 3. The van der Waals surface area contributed by atoms with Gasteiger partial charge in [0.1, 0.15) is 5.70 Å². The molecule has 2 aromatic carbocycles. The van der Waals surface area contributed by atoms with Crippen LogP contribution in [0.15, 0.2) is 54.2 Å². The number of esters is 1. The van der Waals surface area contributed by atoms with E-state index in [1.165, 1.54) is 36.1 Å². The number of nitro groups is 1. The first-order valence-electron chi connectivity index (χ1n) is 9.64. The average molecular weight is 423 g/mol. The van der Waals surface area contributed by atoms with Crippen molar-refractivity contribution in [1.82, 2.24) is 5.32 Å². The minimum absolute atomic E-state index is 0.0366. The number of nitrogens with zero attached hydrogens (tertiary/aromatic N) is 2. The summed E-state index contributed by atoms with van der Waals surface area (Å²) >= 11 is 0. The monoisotopic (exact) mass is 423 g/mol. The maximum absolute atomic E-state index is 12.7. The molecular formula is C22H21N3O6. The molecule has 0 spiro atoms. The molecule has 2 aromatic rings. The van der Waals surface area contributed by atoms with Gasteiger partial charge in [0.15, 0.2) is 6.61 Å². The molecule has 31 heavy (non-hydrogen) atoms. The van der Waals surface area contributed by atoms with E-state index < -0.39 is 29.3 Å². The van der Waals surface area contributed by atoms with Gasteiger partial charge in [-0.05, 0) is 36.1 Å². The van der Waals surface area contributed by atoms with Crippen LogP contribution in [0.25, 0.3) is 6.08 Å². The van der Waals surface area contributed by atoms with Crippen molar-refractivity contribution >= 4 is 35.2 Å². The number of amides is 2. The Kier molecular flexibility index (Phi) is 6.76. The van der Waals surface area contributed by atoms with Crippen LogP contribution in [-0.4, -0.2) is 35.9 Å². The predicted octanol–water partition coefficient (Wildman–Crippen LogP) is 2.59. The Labute approximate surface area is 178 Å². The molecule has 9 nitrogen and oxygen atoms in total. The van der Waals surface area contributed by atoms with Gasteiger partial charge in [-0.3, -0.25) is 19.7 Å². The summed E-state index contributed by atoms with van der Waals surface area (Å²) in [6, 6.07) is 13.2. The van der Waals surface area contributed by atoms with E-state index in [0.717, 1.165) is 0 Å². The first-order chi connectivity index (χ1) is 14.8. The predicted molar refractivity (Wildman–Crippen MR) is 113 cm³/mol. The molecule has 1 aliphatic rings. The first-order valence-corrected chi connectivity index (χ1v) is 9.64. The van der Waals surface area contributed by atoms with Crippen molar-refractivity contribution < 1.29 is 24.0 Å². The van der Waals surface area contributed by atoms with Crippen molar-refractivity contribution in [3.05, 3.63) is 75.5 Å². The van der Waals surface area contributed by atoms with Gasteiger partial charge in [0, 0.05) is 31.3 Å². The fourth-order valence-corrected chi connectivity index (χ4v) is 3.29. The molecule has 160 valence electrons. The lowest BCUT2D eigenvalue weighted by Crippen LogP contribution is -2.39. The van der Waals surface area contributed by atoms with Gasteiger partial charge in [-0.25, -0.2) is 4.79 Å². The second-order valence-electron chi connectivity index (χ2n) is 6.95. The summed E-state index contributed by atoms with van der Waals surface area (Å²) < 4.78 is 5.15. The molecule has 9 heteroatoms. The molecule has 0 saturated carbocycles. The summed E-state index contributed by atoms with van der Waals surface area (Å²) in [4.78, 5) is 48.6. The largest absolute Gasteiger partial charge is 0.451 e. The molecule has 0 bridgehead atoms. The van der Waals surface area contributed by atoms with Crippen molar-refractivity contribution in [2.75, 3.05) is 18.1 Å². The van der Waals surface area contributed by atoms with Crippen LogP contribution in [0.4, 0.5) is 11.4 Å². The molecule has 0 radical (unpaired) electrons. The molecule has 1 heterocycles. The van der Waals surface area contributed by atoms with Gasteiger partial charge >= 0.3 is 5.97 Å². The smallest absolute Gasteiger partial charge is 0.355 e. The number of rotatable bonds is 6. The summed E-state index contributed by atoms with van der Waals surface area (Å²) in [6.45, 7) is 1.15. The van der Waals surface area contributed by atoms with Crippen molar-refractivity contribution in [1.29, 1.82) is 0 Å². The number of ether oxygens (including phenoxy) is 1. The van der Waals surface area contributed by atoms with E-state index >= 15 is 0 Å². The summed E-state index contributed by atoms with van der Waals surface area (Å²) in [5, 5.41) is 13.4. The molecule has 2 amide bonds. The zero-order valence-electron chi connectivity index (χ0n) is 16.9. The topological polar surface area (TPSA) is 119 Å². The van der Waals surface area contributed by atoms with Gasteiger partial charge in [0.25, 0.3) is 11.6 Å². The molecule has 0 saturated heterocycles.